The third-order valence-corrected chi connectivity index (χ3v) is 4.68. The minimum atomic E-state index is -0.0967. The van der Waals surface area contributed by atoms with E-state index in [4.69, 9.17) is 9.15 Å². The van der Waals surface area contributed by atoms with Gasteiger partial charge in [0.2, 0.25) is 5.91 Å². The molecule has 0 spiro atoms. The van der Waals surface area contributed by atoms with Crippen LogP contribution in [0.4, 0.5) is 5.69 Å². The van der Waals surface area contributed by atoms with Gasteiger partial charge in [-0.05, 0) is 32.0 Å². The van der Waals surface area contributed by atoms with Crippen molar-refractivity contribution in [2.45, 2.75) is 13.8 Å². The summed E-state index contributed by atoms with van der Waals surface area (Å²) in [6.45, 7) is 6.40. The topological polar surface area (TPSA) is 75.0 Å². The number of carbonyl (C=O) groups excluding carboxylic acids is 2. The molecule has 144 valence electrons. The normalized spacial score (nSPS) is 14.9. The van der Waals surface area contributed by atoms with Gasteiger partial charge in [-0.15, -0.1) is 0 Å². The maximum Gasteiger partial charge on any atom is 0.257 e. The predicted molar refractivity (Wildman–Crippen MR) is 102 cm³/mol. The molecule has 7 nitrogen and oxygen atoms in total. The molecule has 2 amide bonds. The third-order valence-electron chi connectivity index (χ3n) is 4.68. The van der Waals surface area contributed by atoms with Crippen LogP contribution in [0.5, 0.6) is 5.75 Å². The van der Waals surface area contributed by atoms with Crippen LogP contribution in [0.25, 0.3) is 0 Å². The molecule has 1 N–H and O–H groups in total. The third kappa shape index (κ3) is 4.49. The van der Waals surface area contributed by atoms with Gasteiger partial charge in [0.1, 0.15) is 17.3 Å². The van der Waals surface area contributed by atoms with Crippen molar-refractivity contribution >= 4 is 17.5 Å². The van der Waals surface area contributed by atoms with Crippen LogP contribution in [0.2, 0.25) is 0 Å². The Hall–Kier alpha value is -2.80. The van der Waals surface area contributed by atoms with Crippen molar-refractivity contribution < 1.29 is 18.7 Å². The van der Waals surface area contributed by atoms with E-state index >= 15 is 0 Å². The molecule has 2 heterocycles. The van der Waals surface area contributed by atoms with Gasteiger partial charge >= 0.3 is 0 Å². The number of ether oxygens (including phenoxy) is 1. The predicted octanol–water partition coefficient (Wildman–Crippen LogP) is 2.30. The lowest BCUT2D eigenvalue weighted by Crippen LogP contribution is -2.50. The molecular weight excluding hydrogens is 346 g/mol. The Balaban J connectivity index is 1.51. The lowest BCUT2D eigenvalue weighted by molar-refractivity contribution is -0.117. The maximum absolute atomic E-state index is 12.6. The number of furan rings is 1. The quantitative estimate of drug-likeness (QED) is 0.873. The molecule has 0 bridgehead atoms. The number of rotatable bonds is 5. The SMILES string of the molecule is COc1ccccc1NC(=O)CN1CCN(C(=O)c2cc(C)oc2C)CC1. The zero-order valence-electron chi connectivity index (χ0n) is 15.9. The second kappa shape index (κ2) is 8.26. The lowest BCUT2D eigenvalue weighted by atomic mass is 10.2. The highest BCUT2D eigenvalue weighted by Gasteiger charge is 2.25. The van der Waals surface area contributed by atoms with E-state index in [1.807, 2.05) is 34.9 Å². The summed E-state index contributed by atoms with van der Waals surface area (Å²) >= 11 is 0. The molecule has 3 rings (SSSR count). The van der Waals surface area contributed by atoms with Crippen molar-refractivity contribution in [1.29, 1.82) is 0 Å². The summed E-state index contributed by atoms with van der Waals surface area (Å²) in [5.74, 6) is 1.91. The van der Waals surface area contributed by atoms with Crippen molar-refractivity contribution in [1.82, 2.24) is 9.80 Å². The van der Waals surface area contributed by atoms with Gasteiger partial charge < -0.3 is 19.4 Å². The fourth-order valence-electron chi connectivity index (χ4n) is 3.26. The number of amides is 2. The van der Waals surface area contributed by atoms with Gasteiger partial charge in [0, 0.05) is 26.2 Å². The average molecular weight is 371 g/mol. The van der Waals surface area contributed by atoms with E-state index in [9.17, 15) is 9.59 Å². The van der Waals surface area contributed by atoms with Gasteiger partial charge in [-0.3, -0.25) is 14.5 Å². The number of nitrogens with one attached hydrogen (secondary N) is 1. The van der Waals surface area contributed by atoms with Crippen molar-refractivity contribution in [2.24, 2.45) is 0 Å². The summed E-state index contributed by atoms with van der Waals surface area (Å²) in [4.78, 5) is 28.8. The summed E-state index contributed by atoms with van der Waals surface area (Å²) in [5, 5.41) is 2.88. The number of anilines is 1. The van der Waals surface area contributed by atoms with Crippen LogP contribution in [0.1, 0.15) is 21.9 Å². The van der Waals surface area contributed by atoms with Gasteiger partial charge in [-0.1, -0.05) is 12.1 Å². The van der Waals surface area contributed by atoms with E-state index < -0.39 is 0 Å². The molecule has 0 unspecified atom stereocenters. The minimum Gasteiger partial charge on any atom is -0.495 e. The zero-order valence-corrected chi connectivity index (χ0v) is 15.9. The van der Waals surface area contributed by atoms with E-state index in [0.717, 1.165) is 5.76 Å². The second-order valence-corrected chi connectivity index (χ2v) is 6.64. The fraction of sp³-hybridized carbons (Fsp3) is 0.400. The molecule has 1 saturated heterocycles. The average Bonchev–Trinajstić information content (AvgIpc) is 3.00. The molecule has 1 fully saturated rings. The Bertz CT molecular complexity index is 822. The highest BCUT2D eigenvalue weighted by Crippen LogP contribution is 2.23. The van der Waals surface area contributed by atoms with E-state index in [0.29, 0.717) is 48.9 Å². The number of hydrogen-bond acceptors (Lipinski definition) is 5. The number of methoxy groups -OCH3 is 1. The van der Waals surface area contributed by atoms with Gasteiger partial charge in [0.05, 0.1) is 24.9 Å². The Morgan fingerprint density at radius 3 is 2.48 bits per heavy atom. The number of carbonyl (C=O) groups is 2. The van der Waals surface area contributed by atoms with Crippen LogP contribution in [-0.2, 0) is 4.79 Å². The molecule has 1 aromatic heterocycles. The number of para-hydroxylation sites is 2. The maximum atomic E-state index is 12.6. The molecule has 2 aromatic rings. The van der Waals surface area contributed by atoms with E-state index in [2.05, 4.69) is 5.32 Å². The number of hydrogen-bond donors (Lipinski definition) is 1. The molecule has 0 aliphatic carbocycles. The monoisotopic (exact) mass is 371 g/mol. The molecule has 1 aliphatic heterocycles. The summed E-state index contributed by atoms with van der Waals surface area (Å²) in [6.07, 6.45) is 0. The lowest BCUT2D eigenvalue weighted by Gasteiger charge is -2.34. The molecule has 27 heavy (non-hydrogen) atoms. The van der Waals surface area contributed by atoms with Crippen molar-refractivity contribution in [2.75, 3.05) is 45.2 Å². The molecule has 0 saturated carbocycles. The number of piperazine rings is 1. The summed E-state index contributed by atoms with van der Waals surface area (Å²) in [6, 6.07) is 9.10. The van der Waals surface area contributed by atoms with E-state index in [-0.39, 0.29) is 18.4 Å². The Morgan fingerprint density at radius 2 is 1.85 bits per heavy atom. The van der Waals surface area contributed by atoms with Crippen LogP contribution < -0.4 is 10.1 Å². The molecule has 1 aliphatic rings. The van der Waals surface area contributed by atoms with E-state index in [1.54, 1.807) is 26.2 Å². The smallest absolute Gasteiger partial charge is 0.257 e. The minimum absolute atomic E-state index is 0.0116. The van der Waals surface area contributed by atoms with Crippen molar-refractivity contribution in [3.8, 4) is 5.75 Å². The molecule has 0 radical (unpaired) electrons. The molecule has 1 aromatic carbocycles. The van der Waals surface area contributed by atoms with Crippen LogP contribution in [0.3, 0.4) is 0 Å². The zero-order chi connectivity index (χ0) is 19.4. The molecular formula is C20H25N3O4. The van der Waals surface area contributed by atoms with Gasteiger partial charge in [0.25, 0.3) is 5.91 Å². The first kappa shape index (κ1) is 19.0. The standard InChI is InChI=1S/C20H25N3O4/c1-14-12-16(15(2)27-14)20(25)23-10-8-22(9-11-23)13-19(24)21-17-6-4-5-7-18(17)26-3/h4-7,12H,8-11,13H2,1-3H3,(H,21,24). The van der Waals surface area contributed by atoms with Crippen LogP contribution in [-0.4, -0.2) is 61.4 Å². The highest BCUT2D eigenvalue weighted by molar-refractivity contribution is 5.95. The number of nitrogens with zero attached hydrogens (tertiary/aromatic N) is 2. The van der Waals surface area contributed by atoms with Crippen molar-refractivity contribution in [3.63, 3.8) is 0 Å². The largest absolute Gasteiger partial charge is 0.495 e. The summed E-state index contributed by atoms with van der Waals surface area (Å²) in [5.41, 5.74) is 1.28. The molecule has 7 heteroatoms. The van der Waals surface area contributed by atoms with E-state index in [1.165, 1.54) is 0 Å². The van der Waals surface area contributed by atoms with Gasteiger partial charge in [-0.2, -0.15) is 0 Å². The highest BCUT2D eigenvalue weighted by atomic mass is 16.5. The second-order valence-electron chi connectivity index (χ2n) is 6.64. The summed E-state index contributed by atoms with van der Waals surface area (Å²) in [7, 11) is 1.57. The first-order valence-electron chi connectivity index (χ1n) is 8.99. The van der Waals surface area contributed by atoms with Crippen molar-refractivity contribution in [3.05, 3.63) is 47.4 Å². The number of benzene rings is 1. The Kier molecular flexibility index (Phi) is 5.81. The van der Waals surface area contributed by atoms with Gasteiger partial charge in [0.15, 0.2) is 0 Å². The van der Waals surface area contributed by atoms with Crippen LogP contribution in [0.15, 0.2) is 34.7 Å². The van der Waals surface area contributed by atoms with Crippen LogP contribution in [0, 0.1) is 13.8 Å². The Labute approximate surface area is 158 Å². The Morgan fingerprint density at radius 1 is 1.15 bits per heavy atom. The van der Waals surface area contributed by atoms with Gasteiger partial charge in [-0.25, -0.2) is 0 Å². The fourth-order valence-corrected chi connectivity index (χ4v) is 3.26. The molecule has 0 atom stereocenters. The van der Waals surface area contributed by atoms with Crippen LogP contribution >= 0.6 is 0 Å². The number of aryl methyl sites for hydroxylation is 2. The first-order chi connectivity index (χ1) is 13.0. The first-order valence-corrected chi connectivity index (χ1v) is 8.99. The summed E-state index contributed by atoms with van der Waals surface area (Å²) < 4.78 is 10.7.